The van der Waals surface area contributed by atoms with Crippen LogP contribution in [0.3, 0.4) is 0 Å². The Kier molecular flexibility index (Phi) is 3.19. The Labute approximate surface area is 106 Å². The standard InChI is InChI=1S/C14H15N3O/c1-2-5-11(6-3-1)18-14-10-15-9-13(17-14)12-7-4-8-16-12/h1-3,5-6,9-10,12,16H,4,7-8H2/t12-/m0/s1. The summed E-state index contributed by atoms with van der Waals surface area (Å²) in [7, 11) is 0. The molecule has 1 aromatic carbocycles. The van der Waals surface area contributed by atoms with Crippen LogP contribution in [0.2, 0.25) is 0 Å². The number of aromatic nitrogens is 2. The summed E-state index contributed by atoms with van der Waals surface area (Å²) in [5.74, 6) is 1.33. The second kappa shape index (κ2) is 5.14. The third-order valence-electron chi connectivity index (χ3n) is 3.01. The van der Waals surface area contributed by atoms with Gasteiger partial charge in [0.1, 0.15) is 5.75 Å². The van der Waals surface area contributed by atoms with E-state index >= 15 is 0 Å². The molecule has 0 unspecified atom stereocenters. The van der Waals surface area contributed by atoms with Crippen LogP contribution in [0, 0.1) is 0 Å². The minimum atomic E-state index is 0.317. The molecule has 1 aromatic heterocycles. The molecule has 2 aromatic rings. The molecule has 0 amide bonds. The Balaban J connectivity index is 1.78. The molecule has 0 spiro atoms. The largest absolute Gasteiger partial charge is 0.437 e. The summed E-state index contributed by atoms with van der Waals surface area (Å²) >= 11 is 0. The van der Waals surface area contributed by atoms with Crippen LogP contribution < -0.4 is 10.1 Å². The number of ether oxygens (including phenoxy) is 1. The molecule has 3 rings (SSSR count). The molecule has 4 nitrogen and oxygen atoms in total. The van der Waals surface area contributed by atoms with Gasteiger partial charge in [-0.25, -0.2) is 4.98 Å². The van der Waals surface area contributed by atoms with Crippen molar-refractivity contribution in [2.45, 2.75) is 18.9 Å². The highest BCUT2D eigenvalue weighted by Crippen LogP contribution is 2.24. The highest BCUT2D eigenvalue weighted by molar-refractivity contribution is 5.26. The van der Waals surface area contributed by atoms with E-state index in [1.54, 1.807) is 12.4 Å². The maximum absolute atomic E-state index is 5.68. The van der Waals surface area contributed by atoms with Crippen LogP contribution in [0.4, 0.5) is 0 Å². The molecule has 1 aliphatic heterocycles. The zero-order chi connectivity index (χ0) is 12.2. The lowest BCUT2D eigenvalue weighted by Crippen LogP contribution is -2.14. The predicted molar refractivity (Wildman–Crippen MR) is 68.5 cm³/mol. The smallest absolute Gasteiger partial charge is 0.238 e. The summed E-state index contributed by atoms with van der Waals surface area (Å²) < 4.78 is 5.68. The molecular weight excluding hydrogens is 226 g/mol. The summed E-state index contributed by atoms with van der Waals surface area (Å²) in [6.45, 7) is 1.05. The van der Waals surface area contributed by atoms with Crippen molar-refractivity contribution >= 4 is 0 Å². The number of nitrogens with one attached hydrogen (secondary N) is 1. The molecule has 18 heavy (non-hydrogen) atoms. The Hall–Kier alpha value is -1.94. The van der Waals surface area contributed by atoms with Crippen molar-refractivity contribution in [3.8, 4) is 11.6 Å². The van der Waals surface area contributed by atoms with Crippen molar-refractivity contribution in [1.82, 2.24) is 15.3 Å². The topological polar surface area (TPSA) is 47.0 Å². The van der Waals surface area contributed by atoms with E-state index in [0.29, 0.717) is 11.9 Å². The van der Waals surface area contributed by atoms with Gasteiger partial charge in [-0.3, -0.25) is 4.98 Å². The molecule has 0 aliphatic carbocycles. The van der Waals surface area contributed by atoms with E-state index in [9.17, 15) is 0 Å². The van der Waals surface area contributed by atoms with Crippen LogP contribution in [0.15, 0.2) is 42.7 Å². The van der Waals surface area contributed by atoms with Crippen molar-refractivity contribution in [3.05, 3.63) is 48.4 Å². The molecule has 0 bridgehead atoms. The average molecular weight is 241 g/mol. The van der Waals surface area contributed by atoms with Crippen molar-refractivity contribution in [2.24, 2.45) is 0 Å². The van der Waals surface area contributed by atoms with Crippen molar-refractivity contribution < 1.29 is 4.74 Å². The first kappa shape index (κ1) is 11.2. The van der Waals surface area contributed by atoms with Gasteiger partial charge >= 0.3 is 0 Å². The Bertz CT molecular complexity index is 509. The van der Waals surface area contributed by atoms with E-state index in [0.717, 1.165) is 24.4 Å². The molecule has 0 saturated carbocycles. The third kappa shape index (κ3) is 2.49. The zero-order valence-electron chi connectivity index (χ0n) is 10.0. The summed E-state index contributed by atoms with van der Waals surface area (Å²) in [6.07, 6.45) is 5.76. The first-order valence-electron chi connectivity index (χ1n) is 6.20. The predicted octanol–water partition coefficient (Wildman–Crippen LogP) is 2.69. The lowest BCUT2D eigenvalue weighted by Gasteiger charge is -2.10. The van der Waals surface area contributed by atoms with Crippen molar-refractivity contribution in [1.29, 1.82) is 0 Å². The summed E-state index contributed by atoms with van der Waals surface area (Å²) in [5.41, 5.74) is 0.959. The van der Waals surface area contributed by atoms with E-state index in [4.69, 9.17) is 4.74 Å². The maximum atomic E-state index is 5.68. The van der Waals surface area contributed by atoms with Gasteiger partial charge in [-0.05, 0) is 31.5 Å². The van der Waals surface area contributed by atoms with Gasteiger partial charge in [-0.15, -0.1) is 0 Å². The minimum Gasteiger partial charge on any atom is -0.437 e. The number of hydrogen-bond donors (Lipinski definition) is 1. The van der Waals surface area contributed by atoms with Gasteiger partial charge < -0.3 is 10.1 Å². The number of benzene rings is 1. The van der Waals surface area contributed by atoms with E-state index in [1.807, 2.05) is 30.3 Å². The van der Waals surface area contributed by atoms with Crippen LogP contribution in [-0.4, -0.2) is 16.5 Å². The lowest BCUT2D eigenvalue weighted by molar-refractivity contribution is 0.453. The van der Waals surface area contributed by atoms with Crippen LogP contribution in [0.25, 0.3) is 0 Å². The SMILES string of the molecule is c1ccc(Oc2cncc([C@@H]3CCCN3)n2)cc1. The van der Waals surface area contributed by atoms with E-state index < -0.39 is 0 Å². The zero-order valence-corrected chi connectivity index (χ0v) is 10.0. The number of rotatable bonds is 3. The molecule has 92 valence electrons. The number of para-hydroxylation sites is 1. The summed E-state index contributed by atoms with van der Waals surface area (Å²) in [6, 6.07) is 9.95. The fraction of sp³-hybridized carbons (Fsp3) is 0.286. The van der Waals surface area contributed by atoms with Crippen LogP contribution >= 0.6 is 0 Å². The summed E-state index contributed by atoms with van der Waals surface area (Å²) in [5, 5.41) is 3.41. The Morgan fingerprint density at radius 2 is 2.06 bits per heavy atom. The fourth-order valence-electron chi connectivity index (χ4n) is 2.13. The first-order valence-corrected chi connectivity index (χ1v) is 6.20. The second-order valence-corrected chi connectivity index (χ2v) is 4.35. The van der Waals surface area contributed by atoms with Gasteiger partial charge in [-0.2, -0.15) is 0 Å². The molecular formula is C14H15N3O. The van der Waals surface area contributed by atoms with Crippen LogP contribution in [0.1, 0.15) is 24.6 Å². The molecule has 4 heteroatoms. The Morgan fingerprint density at radius 1 is 1.17 bits per heavy atom. The quantitative estimate of drug-likeness (QED) is 0.897. The molecule has 1 N–H and O–H groups in total. The maximum Gasteiger partial charge on any atom is 0.238 e. The van der Waals surface area contributed by atoms with Crippen molar-refractivity contribution in [2.75, 3.05) is 6.54 Å². The highest BCUT2D eigenvalue weighted by Gasteiger charge is 2.18. The highest BCUT2D eigenvalue weighted by atomic mass is 16.5. The Morgan fingerprint density at radius 3 is 2.83 bits per heavy atom. The van der Waals surface area contributed by atoms with Gasteiger partial charge in [0.25, 0.3) is 0 Å². The molecule has 1 saturated heterocycles. The monoisotopic (exact) mass is 241 g/mol. The third-order valence-corrected chi connectivity index (χ3v) is 3.01. The second-order valence-electron chi connectivity index (χ2n) is 4.35. The molecule has 1 atom stereocenters. The first-order chi connectivity index (χ1) is 8.92. The molecule has 1 fully saturated rings. The average Bonchev–Trinajstić information content (AvgIpc) is 2.94. The minimum absolute atomic E-state index is 0.317. The van der Waals surface area contributed by atoms with Gasteiger partial charge in [0, 0.05) is 0 Å². The van der Waals surface area contributed by atoms with Crippen molar-refractivity contribution in [3.63, 3.8) is 0 Å². The van der Waals surface area contributed by atoms with Gasteiger partial charge in [0.15, 0.2) is 0 Å². The molecule has 0 radical (unpaired) electrons. The van der Waals surface area contributed by atoms with Gasteiger partial charge in [0.2, 0.25) is 5.88 Å². The number of hydrogen-bond acceptors (Lipinski definition) is 4. The molecule has 1 aliphatic rings. The normalized spacial score (nSPS) is 18.8. The number of nitrogens with zero attached hydrogens (tertiary/aromatic N) is 2. The van der Waals surface area contributed by atoms with Gasteiger partial charge in [0.05, 0.1) is 24.1 Å². The van der Waals surface area contributed by atoms with Crippen LogP contribution in [0.5, 0.6) is 11.6 Å². The summed E-state index contributed by atoms with van der Waals surface area (Å²) in [4.78, 5) is 8.70. The lowest BCUT2D eigenvalue weighted by atomic mass is 10.2. The van der Waals surface area contributed by atoms with E-state index in [-0.39, 0.29) is 0 Å². The van der Waals surface area contributed by atoms with E-state index in [1.165, 1.54) is 6.42 Å². The van der Waals surface area contributed by atoms with Gasteiger partial charge in [-0.1, -0.05) is 18.2 Å². The fourth-order valence-corrected chi connectivity index (χ4v) is 2.13. The van der Waals surface area contributed by atoms with E-state index in [2.05, 4.69) is 15.3 Å². The molecule has 2 heterocycles. The van der Waals surface area contributed by atoms with Crippen LogP contribution in [-0.2, 0) is 0 Å².